The van der Waals surface area contributed by atoms with Crippen molar-refractivity contribution in [3.05, 3.63) is 142 Å². The van der Waals surface area contributed by atoms with Crippen LogP contribution in [0.15, 0.2) is 97.1 Å². The van der Waals surface area contributed by atoms with Crippen LogP contribution in [0, 0.1) is 0 Å². The predicted octanol–water partition coefficient (Wildman–Crippen LogP) is 17.3. The normalized spacial score (nSPS) is 13.4. The molecule has 6 heteroatoms. The van der Waals surface area contributed by atoms with Crippen LogP contribution in [0.2, 0.25) is 0 Å². The molecule has 0 radical (unpaired) electrons. The van der Waals surface area contributed by atoms with Crippen LogP contribution in [0.3, 0.4) is 0 Å². The first kappa shape index (κ1) is 62.6. The second-order valence-corrected chi connectivity index (χ2v) is 34.4. The third kappa shape index (κ3) is 12.9. The van der Waals surface area contributed by atoms with Crippen molar-refractivity contribution in [1.82, 2.24) is 0 Å². The Morgan fingerprint density at radius 2 is 0.397 bits per heavy atom. The molecular weight excluding hydrogens is 991 g/mol. The van der Waals surface area contributed by atoms with Gasteiger partial charge in [-0.2, -0.15) is 0 Å². The van der Waals surface area contributed by atoms with Crippen molar-refractivity contribution in [3.63, 3.8) is 0 Å². The zero-order chi connectivity index (χ0) is 58.8. The molecule has 0 spiro atoms. The molecule has 0 amide bonds. The molecule has 78 heavy (non-hydrogen) atoms. The van der Waals surface area contributed by atoms with E-state index in [9.17, 15) is 0 Å². The summed E-state index contributed by atoms with van der Waals surface area (Å²) in [6, 6.07) is 38.6. The highest BCUT2D eigenvalue weighted by atomic mass is 31.1. The minimum Gasteiger partial charge on any atom is -0.496 e. The fourth-order valence-electron chi connectivity index (χ4n) is 11.0. The lowest BCUT2D eigenvalue weighted by atomic mass is 9.79. The van der Waals surface area contributed by atoms with E-state index >= 15 is 0 Å². The highest BCUT2D eigenvalue weighted by molar-refractivity contribution is 7.80. The first-order valence-electron chi connectivity index (χ1n) is 28.3. The molecule has 6 rings (SSSR count). The van der Waals surface area contributed by atoms with Crippen LogP contribution in [0.1, 0.15) is 211 Å². The SMILES string of the molecule is COc1c(C(C)(C)C)cc(P(c2cc(C(C)(C)C)c(OC)c(C(C)(C)C)c2)c2ccccc2-c2ccccc2P(c2cc(C(C)(C)C)c(OC)c(C(C)(C)C)c2)c2cc(C(C)(C)C)c(OC)c(C(C)(C)C)c2)cc1C(C)(C)C. The maximum absolute atomic E-state index is 6.48. The zero-order valence-electron chi connectivity index (χ0n) is 53.8. The lowest BCUT2D eigenvalue weighted by molar-refractivity contribution is 0.381. The molecule has 0 fully saturated rings. The van der Waals surface area contributed by atoms with Gasteiger partial charge in [-0.1, -0.05) is 215 Å². The van der Waals surface area contributed by atoms with Gasteiger partial charge in [-0.3, -0.25) is 0 Å². The molecule has 0 aliphatic carbocycles. The van der Waals surface area contributed by atoms with E-state index in [1.165, 1.54) is 87.5 Å². The summed E-state index contributed by atoms with van der Waals surface area (Å²) in [5.41, 5.74) is 10.6. The lowest BCUT2D eigenvalue weighted by Crippen LogP contribution is -2.31. The van der Waals surface area contributed by atoms with Crippen LogP contribution >= 0.6 is 15.8 Å². The molecule has 0 N–H and O–H groups in total. The van der Waals surface area contributed by atoms with Crippen LogP contribution in [-0.4, -0.2) is 28.4 Å². The number of ether oxygens (including phenoxy) is 4. The summed E-state index contributed by atoms with van der Waals surface area (Å²) in [7, 11) is 4.87. The fourth-order valence-corrected chi connectivity index (χ4v) is 16.1. The van der Waals surface area contributed by atoms with Crippen LogP contribution in [0.25, 0.3) is 11.1 Å². The van der Waals surface area contributed by atoms with Crippen LogP contribution in [0.4, 0.5) is 0 Å². The summed E-state index contributed by atoms with van der Waals surface area (Å²) < 4.78 is 25.9. The van der Waals surface area contributed by atoms with Gasteiger partial charge in [0.1, 0.15) is 23.0 Å². The van der Waals surface area contributed by atoms with Gasteiger partial charge in [0.2, 0.25) is 0 Å². The van der Waals surface area contributed by atoms with Crippen molar-refractivity contribution in [2.75, 3.05) is 28.4 Å². The van der Waals surface area contributed by atoms with Crippen LogP contribution in [-0.2, 0) is 43.3 Å². The van der Waals surface area contributed by atoms with Gasteiger partial charge in [0.15, 0.2) is 0 Å². The van der Waals surface area contributed by atoms with E-state index in [1.807, 2.05) is 28.4 Å². The molecule has 0 aliphatic rings. The Labute approximate surface area is 477 Å². The van der Waals surface area contributed by atoms with Gasteiger partial charge in [0, 0.05) is 44.5 Å². The predicted molar refractivity (Wildman–Crippen MR) is 345 cm³/mol. The monoisotopic (exact) mass is 1090 g/mol. The largest absolute Gasteiger partial charge is 0.496 e. The Hall–Kier alpha value is -4.62. The van der Waals surface area contributed by atoms with E-state index in [0.717, 1.165) is 23.0 Å². The molecule has 0 unspecified atom stereocenters. The fraction of sp³-hybridized carbons (Fsp3) is 0.500. The smallest absolute Gasteiger partial charge is 0.126 e. The minimum absolute atomic E-state index is 0.205. The Balaban J connectivity index is 1.91. The van der Waals surface area contributed by atoms with E-state index < -0.39 is 15.8 Å². The van der Waals surface area contributed by atoms with Crippen LogP contribution < -0.4 is 50.8 Å². The zero-order valence-corrected chi connectivity index (χ0v) is 55.6. The van der Waals surface area contributed by atoms with Crippen molar-refractivity contribution >= 4 is 47.7 Å². The number of methoxy groups -OCH3 is 4. The standard InChI is InChI=1S/C72H100O4P2/c1-65(2,3)51-37-45(38-52(61(51)73-25)66(4,5)6)77(46-39-53(67(7,8)9)62(74-26)54(40-46)68(10,11)12)59-35-31-29-33-49(59)50-34-30-32-36-60(50)78(47-41-55(69(13,14)15)63(75-27)56(42-47)70(16,17)18)48-43-57(71(19,20)21)64(76-28)58(44-48)72(22,23)24/h29-44H,1-28H3. The van der Waals surface area contributed by atoms with Gasteiger partial charge >= 0.3 is 0 Å². The number of hydrogen-bond acceptors (Lipinski definition) is 4. The maximum Gasteiger partial charge on any atom is 0.126 e. The summed E-state index contributed by atoms with van der Waals surface area (Å²) in [5.74, 6) is 3.91. The van der Waals surface area contributed by atoms with Crippen molar-refractivity contribution in [2.24, 2.45) is 0 Å². The summed E-state index contributed by atoms with van der Waals surface area (Å²) >= 11 is 0. The second-order valence-electron chi connectivity index (χ2n) is 30.0. The number of benzene rings is 6. The second kappa shape index (κ2) is 22.0. The van der Waals surface area contributed by atoms with Gasteiger partial charge in [0.25, 0.3) is 0 Å². The molecule has 6 aromatic carbocycles. The van der Waals surface area contributed by atoms with E-state index in [4.69, 9.17) is 18.9 Å². The highest BCUT2D eigenvalue weighted by Crippen LogP contribution is 2.51. The molecule has 4 nitrogen and oxygen atoms in total. The topological polar surface area (TPSA) is 36.9 Å². The molecule has 422 valence electrons. The Morgan fingerprint density at radius 1 is 0.244 bits per heavy atom. The number of rotatable bonds is 11. The summed E-state index contributed by atoms with van der Waals surface area (Å²) in [5, 5.41) is 7.83. The molecule has 0 atom stereocenters. The average molecular weight is 1090 g/mol. The third-order valence-corrected chi connectivity index (χ3v) is 20.0. The van der Waals surface area contributed by atoms with E-state index in [2.05, 4.69) is 263 Å². The molecule has 0 bridgehead atoms. The van der Waals surface area contributed by atoms with Gasteiger partial charge in [-0.15, -0.1) is 0 Å². The molecule has 0 aromatic heterocycles. The molecule has 0 saturated heterocycles. The average Bonchev–Trinajstić information content (AvgIpc) is 3.44. The van der Waals surface area contributed by atoms with Gasteiger partial charge < -0.3 is 18.9 Å². The van der Waals surface area contributed by atoms with Crippen molar-refractivity contribution in [2.45, 2.75) is 209 Å². The minimum atomic E-state index is -1.25. The molecular formula is C72H100O4P2. The Kier molecular flexibility index (Phi) is 17.7. The van der Waals surface area contributed by atoms with E-state index in [0.29, 0.717) is 0 Å². The van der Waals surface area contributed by atoms with Crippen molar-refractivity contribution in [1.29, 1.82) is 0 Å². The van der Waals surface area contributed by atoms with E-state index in [-0.39, 0.29) is 43.3 Å². The third-order valence-electron chi connectivity index (χ3n) is 15.2. The van der Waals surface area contributed by atoms with E-state index in [1.54, 1.807) is 0 Å². The maximum atomic E-state index is 6.48. The Morgan fingerprint density at radius 3 is 0.538 bits per heavy atom. The molecule has 0 aliphatic heterocycles. The van der Waals surface area contributed by atoms with Gasteiger partial charge in [-0.05, 0) is 151 Å². The molecule has 0 heterocycles. The van der Waals surface area contributed by atoms with Gasteiger partial charge in [-0.25, -0.2) is 0 Å². The lowest BCUT2D eigenvalue weighted by Gasteiger charge is -2.35. The summed E-state index contributed by atoms with van der Waals surface area (Å²) in [4.78, 5) is 0. The first-order valence-corrected chi connectivity index (χ1v) is 31.0. The summed E-state index contributed by atoms with van der Waals surface area (Å²) in [6.07, 6.45) is 0. The van der Waals surface area contributed by atoms with Crippen LogP contribution in [0.5, 0.6) is 23.0 Å². The van der Waals surface area contributed by atoms with Crippen molar-refractivity contribution in [3.8, 4) is 34.1 Å². The van der Waals surface area contributed by atoms with Gasteiger partial charge in [0.05, 0.1) is 28.4 Å². The Bertz CT molecular complexity index is 2610. The molecule has 6 aromatic rings. The van der Waals surface area contributed by atoms with Crippen molar-refractivity contribution < 1.29 is 18.9 Å². The highest BCUT2D eigenvalue weighted by Gasteiger charge is 2.37. The molecule has 0 saturated carbocycles. The number of hydrogen-bond donors (Lipinski definition) is 0. The summed E-state index contributed by atoms with van der Waals surface area (Å²) in [6.45, 7) is 55.7. The quantitative estimate of drug-likeness (QED) is 0.121. The first-order chi connectivity index (χ1) is 35.6.